The van der Waals surface area contributed by atoms with Gasteiger partial charge in [0.2, 0.25) is 5.95 Å². The Morgan fingerprint density at radius 2 is 1.79 bits per heavy atom. The first-order chi connectivity index (χ1) is 11.4. The van der Waals surface area contributed by atoms with Crippen molar-refractivity contribution >= 4 is 12.0 Å². The average molecular weight is 328 g/mol. The molecule has 0 bridgehead atoms. The van der Waals surface area contributed by atoms with E-state index in [-0.39, 0.29) is 6.09 Å². The third-order valence-electron chi connectivity index (χ3n) is 3.85. The highest BCUT2D eigenvalue weighted by Crippen LogP contribution is 2.27. The van der Waals surface area contributed by atoms with Crippen molar-refractivity contribution in [2.24, 2.45) is 5.92 Å². The molecule has 0 radical (unpaired) electrons. The molecule has 3 rings (SSSR count). The molecule has 24 heavy (non-hydrogen) atoms. The van der Waals surface area contributed by atoms with Crippen molar-refractivity contribution in [1.82, 2.24) is 14.9 Å². The Hall–Kier alpha value is -2.29. The molecule has 2 aliphatic rings. The molecule has 1 aromatic heterocycles. The van der Waals surface area contributed by atoms with Crippen LogP contribution in [0.2, 0.25) is 0 Å². The van der Waals surface area contributed by atoms with Gasteiger partial charge < -0.3 is 14.5 Å². The lowest BCUT2D eigenvalue weighted by atomic mass is 10.2. The molecule has 0 unspecified atom stereocenters. The van der Waals surface area contributed by atoms with Gasteiger partial charge >= 0.3 is 6.09 Å². The smallest absolute Gasteiger partial charge is 0.410 e. The van der Waals surface area contributed by atoms with Crippen LogP contribution in [0.4, 0.5) is 10.7 Å². The Labute approximate surface area is 143 Å². The molecule has 1 aliphatic heterocycles. The molecule has 1 saturated carbocycles. The summed E-state index contributed by atoms with van der Waals surface area (Å²) in [7, 11) is 0. The summed E-state index contributed by atoms with van der Waals surface area (Å²) in [6.07, 6.45) is 5.73. The summed E-state index contributed by atoms with van der Waals surface area (Å²) in [5.41, 5.74) is 0.396. The second-order valence-electron chi connectivity index (χ2n) is 7.27. The van der Waals surface area contributed by atoms with E-state index >= 15 is 0 Å². The maximum atomic E-state index is 12.1. The molecule has 2 fully saturated rings. The van der Waals surface area contributed by atoms with E-state index in [0.717, 1.165) is 5.56 Å². The van der Waals surface area contributed by atoms with Gasteiger partial charge in [-0.2, -0.15) is 0 Å². The number of nitrogens with zero attached hydrogens (tertiary/aromatic N) is 4. The largest absolute Gasteiger partial charge is 0.444 e. The van der Waals surface area contributed by atoms with Crippen molar-refractivity contribution in [3.05, 3.63) is 18.0 Å². The van der Waals surface area contributed by atoms with Gasteiger partial charge in [-0.25, -0.2) is 14.8 Å². The predicted octanol–water partition coefficient (Wildman–Crippen LogP) is 2.30. The summed E-state index contributed by atoms with van der Waals surface area (Å²) < 4.78 is 5.41. The molecule has 1 aliphatic carbocycles. The van der Waals surface area contributed by atoms with Crippen LogP contribution in [0.3, 0.4) is 0 Å². The number of aromatic nitrogens is 2. The van der Waals surface area contributed by atoms with E-state index in [9.17, 15) is 4.79 Å². The molecule has 1 saturated heterocycles. The minimum atomic E-state index is -0.464. The van der Waals surface area contributed by atoms with Crippen LogP contribution in [0, 0.1) is 17.8 Å². The van der Waals surface area contributed by atoms with Crippen LogP contribution < -0.4 is 4.90 Å². The number of amides is 1. The first-order valence-electron chi connectivity index (χ1n) is 8.47. The van der Waals surface area contributed by atoms with E-state index in [1.54, 1.807) is 17.3 Å². The Balaban J connectivity index is 1.53. The monoisotopic (exact) mass is 328 g/mol. The fourth-order valence-corrected chi connectivity index (χ4v) is 2.38. The van der Waals surface area contributed by atoms with Crippen LogP contribution in [0.1, 0.15) is 39.2 Å². The maximum Gasteiger partial charge on any atom is 0.410 e. The Morgan fingerprint density at radius 1 is 1.17 bits per heavy atom. The summed E-state index contributed by atoms with van der Waals surface area (Å²) in [6.45, 7) is 8.26. The van der Waals surface area contributed by atoms with Gasteiger partial charge in [0, 0.05) is 44.5 Å². The average Bonchev–Trinajstić information content (AvgIpc) is 3.36. The lowest BCUT2D eigenvalue weighted by Gasteiger charge is -2.35. The van der Waals surface area contributed by atoms with E-state index < -0.39 is 5.60 Å². The Bertz CT molecular complexity index is 642. The van der Waals surface area contributed by atoms with Crippen molar-refractivity contribution in [1.29, 1.82) is 0 Å². The lowest BCUT2D eigenvalue weighted by Crippen LogP contribution is -2.50. The number of hydrogen-bond acceptors (Lipinski definition) is 5. The number of carbonyl (C=O) groups is 1. The molecule has 1 amide bonds. The standard InChI is InChI=1S/C18H24N4O2/c1-18(2,3)24-17(23)22-10-8-21(9-11-22)16-19-12-15(13-20-16)7-6-14-4-5-14/h12-14H,4-5,8-11H2,1-3H3. The van der Waals surface area contributed by atoms with E-state index in [1.807, 2.05) is 20.8 Å². The van der Waals surface area contributed by atoms with E-state index in [1.165, 1.54) is 12.8 Å². The second-order valence-corrected chi connectivity index (χ2v) is 7.27. The van der Waals surface area contributed by atoms with Crippen LogP contribution in [-0.4, -0.2) is 52.7 Å². The van der Waals surface area contributed by atoms with Gasteiger partial charge in [-0.05, 0) is 33.6 Å². The third kappa shape index (κ3) is 4.60. The maximum absolute atomic E-state index is 12.1. The lowest BCUT2D eigenvalue weighted by molar-refractivity contribution is 0.0240. The number of ether oxygens (including phenoxy) is 1. The first-order valence-corrected chi connectivity index (χ1v) is 8.47. The third-order valence-corrected chi connectivity index (χ3v) is 3.85. The zero-order chi connectivity index (χ0) is 17.2. The number of carbonyl (C=O) groups excluding carboxylic acids is 1. The normalized spacial score (nSPS) is 18.0. The van der Waals surface area contributed by atoms with Crippen molar-refractivity contribution < 1.29 is 9.53 Å². The number of piperazine rings is 1. The van der Waals surface area contributed by atoms with Gasteiger partial charge in [0.15, 0.2) is 0 Å². The molecule has 0 aromatic carbocycles. The summed E-state index contributed by atoms with van der Waals surface area (Å²) in [6, 6.07) is 0. The van der Waals surface area contributed by atoms with Gasteiger partial charge in [-0.3, -0.25) is 0 Å². The summed E-state index contributed by atoms with van der Waals surface area (Å²) in [5.74, 6) is 7.59. The fraction of sp³-hybridized carbons (Fsp3) is 0.611. The van der Waals surface area contributed by atoms with Gasteiger partial charge in [0.05, 0.1) is 5.56 Å². The van der Waals surface area contributed by atoms with Crippen LogP contribution in [0.15, 0.2) is 12.4 Å². The summed E-state index contributed by atoms with van der Waals surface area (Å²) in [5, 5.41) is 0. The zero-order valence-electron chi connectivity index (χ0n) is 14.6. The van der Waals surface area contributed by atoms with Crippen molar-refractivity contribution in [2.75, 3.05) is 31.1 Å². The molecular formula is C18H24N4O2. The van der Waals surface area contributed by atoms with E-state index in [2.05, 4.69) is 26.7 Å². The second kappa shape index (κ2) is 6.68. The van der Waals surface area contributed by atoms with E-state index in [0.29, 0.717) is 38.0 Å². The van der Waals surface area contributed by atoms with Gasteiger partial charge in [-0.1, -0.05) is 11.8 Å². The molecular weight excluding hydrogens is 304 g/mol. The van der Waals surface area contributed by atoms with Crippen LogP contribution in [-0.2, 0) is 4.74 Å². The molecule has 0 spiro atoms. The van der Waals surface area contributed by atoms with Crippen LogP contribution in [0.5, 0.6) is 0 Å². The minimum absolute atomic E-state index is 0.256. The SMILES string of the molecule is CC(C)(C)OC(=O)N1CCN(c2ncc(C#CC3CC3)cn2)CC1. The quantitative estimate of drug-likeness (QED) is 0.740. The van der Waals surface area contributed by atoms with Crippen molar-refractivity contribution in [2.45, 2.75) is 39.2 Å². The first kappa shape index (κ1) is 16.6. The molecule has 2 heterocycles. The van der Waals surface area contributed by atoms with Crippen molar-refractivity contribution in [3.8, 4) is 11.8 Å². The number of rotatable bonds is 1. The van der Waals surface area contributed by atoms with E-state index in [4.69, 9.17) is 4.74 Å². The predicted molar refractivity (Wildman–Crippen MR) is 91.7 cm³/mol. The fourth-order valence-electron chi connectivity index (χ4n) is 2.38. The highest BCUT2D eigenvalue weighted by Gasteiger charge is 2.26. The zero-order valence-corrected chi connectivity index (χ0v) is 14.6. The number of anilines is 1. The number of hydrogen-bond donors (Lipinski definition) is 0. The summed E-state index contributed by atoms with van der Waals surface area (Å²) in [4.78, 5) is 24.7. The molecule has 0 atom stereocenters. The molecule has 6 heteroatoms. The van der Waals surface area contributed by atoms with Crippen LogP contribution in [0.25, 0.3) is 0 Å². The highest BCUT2D eigenvalue weighted by atomic mass is 16.6. The molecule has 128 valence electrons. The molecule has 6 nitrogen and oxygen atoms in total. The summed E-state index contributed by atoms with van der Waals surface area (Å²) >= 11 is 0. The van der Waals surface area contributed by atoms with Crippen molar-refractivity contribution in [3.63, 3.8) is 0 Å². The Kier molecular flexibility index (Phi) is 4.61. The van der Waals surface area contributed by atoms with Gasteiger partial charge in [0.25, 0.3) is 0 Å². The molecule has 0 N–H and O–H groups in total. The Morgan fingerprint density at radius 3 is 2.33 bits per heavy atom. The topological polar surface area (TPSA) is 58.6 Å². The highest BCUT2D eigenvalue weighted by molar-refractivity contribution is 5.68. The van der Waals surface area contributed by atoms with Gasteiger partial charge in [0.1, 0.15) is 5.60 Å². The van der Waals surface area contributed by atoms with Gasteiger partial charge in [-0.15, -0.1) is 0 Å². The molecule has 1 aromatic rings. The minimum Gasteiger partial charge on any atom is -0.444 e. The van der Waals surface area contributed by atoms with Crippen LogP contribution >= 0.6 is 0 Å².